The molecule has 0 spiro atoms. The van der Waals surface area contributed by atoms with Gasteiger partial charge >= 0.3 is 0 Å². The number of nitrogens with zero attached hydrogens (tertiary/aromatic N) is 2. The van der Waals surface area contributed by atoms with Crippen LogP contribution in [-0.4, -0.2) is 50.2 Å². The van der Waals surface area contributed by atoms with Crippen molar-refractivity contribution >= 4 is 22.9 Å². The van der Waals surface area contributed by atoms with E-state index in [2.05, 4.69) is 16.3 Å². The number of carbonyl (C=O) groups excluding carboxylic acids is 1. The van der Waals surface area contributed by atoms with Crippen LogP contribution >= 0.6 is 11.3 Å². The molecule has 5 heteroatoms. The summed E-state index contributed by atoms with van der Waals surface area (Å²) in [5.74, 6) is 1.86. The Labute approximate surface area is 129 Å². The predicted octanol–water partition coefficient (Wildman–Crippen LogP) is 2.07. The highest BCUT2D eigenvalue weighted by Gasteiger charge is 2.46. The summed E-state index contributed by atoms with van der Waals surface area (Å²) in [5, 5.41) is 4.13. The molecule has 0 aliphatic carbocycles. The first-order valence-corrected chi connectivity index (χ1v) is 8.89. The minimum Gasteiger partial charge on any atom is -0.381 e. The molecule has 1 amide bonds. The summed E-state index contributed by atoms with van der Waals surface area (Å²) in [6.45, 7) is 5.94. The monoisotopic (exact) mass is 306 g/mol. The fourth-order valence-corrected chi connectivity index (χ4v) is 4.68. The summed E-state index contributed by atoms with van der Waals surface area (Å²) in [5.41, 5.74) is 1.09. The maximum Gasteiger partial charge on any atom is 0.231 e. The van der Waals surface area contributed by atoms with E-state index in [-0.39, 0.29) is 5.92 Å². The molecule has 3 fully saturated rings. The van der Waals surface area contributed by atoms with E-state index in [0.29, 0.717) is 11.8 Å². The SMILES string of the molecule is O=C1[C@H]2CN(CC3CCOCC3)C[C@H]2CN1c1ccsc1. The first-order chi connectivity index (χ1) is 10.3. The van der Waals surface area contributed by atoms with Crippen molar-refractivity contribution in [1.29, 1.82) is 0 Å². The number of anilines is 1. The van der Waals surface area contributed by atoms with Crippen LogP contribution in [0.3, 0.4) is 0 Å². The highest BCUT2D eigenvalue weighted by molar-refractivity contribution is 7.08. The van der Waals surface area contributed by atoms with Gasteiger partial charge in [-0.05, 0) is 30.2 Å². The van der Waals surface area contributed by atoms with Crippen LogP contribution in [0.2, 0.25) is 0 Å². The van der Waals surface area contributed by atoms with Crippen LogP contribution in [-0.2, 0) is 9.53 Å². The lowest BCUT2D eigenvalue weighted by Gasteiger charge is -2.28. The molecule has 2 atom stereocenters. The van der Waals surface area contributed by atoms with Gasteiger partial charge in [0.2, 0.25) is 5.91 Å². The number of rotatable bonds is 3. The molecule has 4 nitrogen and oxygen atoms in total. The lowest BCUT2D eigenvalue weighted by molar-refractivity contribution is -0.120. The second kappa shape index (κ2) is 5.71. The van der Waals surface area contributed by atoms with Crippen molar-refractivity contribution < 1.29 is 9.53 Å². The van der Waals surface area contributed by atoms with Gasteiger partial charge in [0.15, 0.2) is 0 Å². The summed E-state index contributed by atoms with van der Waals surface area (Å²) in [6, 6.07) is 2.06. The van der Waals surface area contributed by atoms with Gasteiger partial charge in [-0.1, -0.05) is 0 Å². The maximum absolute atomic E-state index is 12.6. The van der Waals surface area contributed by atoms with Gasteiger partial charge in [0.1, 0.15) is 0 Å². The summed E-state index contributed by atoms with van der Waals surface area (Å²) in [4.78, 5) is 17.1. The van der Waals surface area contributed by atoms with E-state index in [1.807, 2.05) is 10.3 Å². The van der Waals surface area contributed by atoms with Crippen molar-refractivity contribution in [2.45, 2.75) is 12.8 Å². The van der Waals surface area contributed by atoms with Crippen LogP contribution in [0.1, 0.15) is 12.8 Å². The van der Waals surface area contributed by atoms with E-state index in [1.54, 1.807) is 11.3 Å². The van der Waals surface area contributed by atoms with Crippen LogP contribution < -0.4 is 4.90 Å². The highest BCUT2D eigenvalue weighted by Crippen LogP contribution is 2.36. The van der Waals surface area contributed by atoms with Gasteiger partial charge in [-0.25, -0.2) is 0 Å². The number of ether oxygens (including phenoxy) is 1. The Bertz CT molecular complexity index is 498. The first-order valence-electron chi connectivity index (χ1n) is 7.95. The Morgan fingerprint density at radius 1 is 1.24 bits per heavy atom. The van der Waals surface area contributed by atoms with Gasteiger partial charge in [-0.2, -0.15) is 11.3 Å². The van der Waals surface area contributed by atoms with E-state index in [4.69, 9.17) is 4.74 Å². The zero-order valence-corrected chi connectivity index (χ0v) is 13.1. The highest BCUT2D eigenvalue weighted by atomic mass is 32.1. The Hall–Kier alpha value is -0.910. The second-order valence-corrected chi connectivity index (χ2v) is 7.35. The maximum atomic E-state index is 12.6. The third kappa shape index (κ3) is 2.62. The zero-order chi connectivity index (χ0) is 14.2. The molecule has 0 saturated carbocycles. The number of hydrogen-bond donors (Lipinski definition) is 0. The van der Waals surface area contributed by atoms with Gasteiger partial charge in [-0.3, -0.25) is 4.79 Å². The van der Waals surface area contributed by atoms with Gasteiger partial charge in [0.05, 0.1) is 11.6 Å². The normalized spacial score (nSPS) is 31.0. The van der Waals surface area contributed by atoms with Crippen molar-refractivity contribution in [3.8, 4) is 0 Å². The van der Waals surface area contributed by atoms with Gasteiger partial charge in [0.25, 0.3) is 0 Å². The molecule has 0 bridgehead atoms. The zero-order valence-electron chi connectivity index (χ0n) is 12.2. The number of likely N-dealkylation sites (tertiary alicyclic amines) is 1. The molecule has 1 aromatic rings. The smallest absolute Gasteiger partial charge is 0.231 e. The molecular weight excluding hydrogens is 284 g/mol. The predicted molar refractivity (Wildman–Crippen MR) is 83.6 cm³/mol. The molecule has 114 valence electrons. The van der Waals surface area contributed by atoms with E-state index >= 15 is 0 Å². The van der Waals surface area contributed by atoms with Crippen LogP contribution in [0.25, 0.3) is 0 Å². The first kappa shape index (κ1) is 13.7. The van der Waals surface area contributed by atoms with E-state index in [0.717, 1.165) is 51.0 Å². The van der Waals surface area contributed by atoms with Crippen molar-refractivity contribution in [2.75, 3.05) is 44.3 Å². The Balaban J connectivity index is 1.37. The molecule has 3 aliphatic heterocycles. The van der Waals surface area contributed by atoms with E-state index in [9.17, 15) is 4.79 Å². The molecule has 1 aromatic heterocycles. The molecule has 4 rings (SSSR count). The average molecular weight is 306 g/mol. The minimum atomic E-state index is 0.227. The van der Waals surface area contributed by atoms with Crippen molar-refractivity contribution in [1.82, 2.24) is 4.90 Å². The molecule has 3 aliphatic rings. The van der Waals surface area contributed by atoms with Crippen LogP contribution in [0.5, 0.6) is 0 Å². The van der Waals surface area contributed by atoms with Crippen molar-refractivity contribution in [2.24, 2.45) is 17.8 Å². The number of thiophene rings is 1. The van der Waals surface area contributed by atoms with Gasteiger partial charge in [-0.15, -0.1) is 0 Å². The lowest BCUT2D eigenvalue weighted by atomic mass is 10.00. The fourth-order valence-electron chi connectivity index (χ4n) is 4.04. The van der Waals surface area contributed by atoms with E-state index in [1.165, 1.54) is 12.8 Å². The van der Waals surface area contributed by atoms with Crippen molar-refractivity contribution in [3.63, 3.8) is 0 Å². The van der Waals surface area contributed by atoms with Crippen LogP contribution in [0.4, 0.5) is 5.69 Å². The average Bonchev–Trinajstić information content (AvgIpc) is 3.19. The molecular formula is C16H22N2O2S. The standard InChI is InChI=1S/C16H22N2O2S/c19-16-15-10-17(7-12-1-4-20-5-2-12)8-13(15)9-18(16)14-3-6-21-11-14/h3,6,11-13,15H,1-2,4-5,7-10H2/t13-,15-/m0/s1. The molecule has 0 N–H and O–H groups in total. The Morgan fingerprint density at radius 3 is 2.81 bits per heavy atom. The third-order valence-electron chi connectivity index (χ3n) is 5.19. The Kier molecular flexibility index (Phi) is 3.73. The number of hydrogen-bond acceptors (Lipinski definition) is 4. The van der Waals surface area contributed by atoms with Gasteiger partial charge in [0, 0.05) is 50.7 Å². The third-order valence-corrected chi connectivity index (χ3v) is 5.86. The lowest BCUT2D eigenvalue weighted by Crippen LogP contribution is -2.35. The second-order valence-electron chi connectivity index (χ2n) is 6.57. The summed E-state index contributed by atoms with van der Waals surface area (Å²) in [6.07, 6.45) is 2.36. The quantitative estimate of drug-likeness (QED) is 0.857. The summed E-state index contributed by atoms with van der Waals surface area (Å²) in [7, 11) is 0. The molecule has 3 saturated heterocycles. The Morgan fingerprint density at radius 2 is 2.10 bits per heavy atom. The fraction of sp³-hybridized carbons (Fsp3) is 0.688. The van der Waals surface area contributed by atoms with Crippen LogP contribution in [0.15, 0.2) is 16.8 Å². The topological polar surface area (TPSA) is 32.8 Å². The number of amides is 1. The van der Waals surface area contributed by atoms with Gasteiger partial charge < -0.3 is 14.5 Å². The number of fused-ring (bicyclic) bond motifs is 1. The minimum absolute atomic E-state index is 0.227. The summed E-state index contributed by atoms with van der Waals surface area (Å²) >= 11 is 1.66. The van der Waals surface area contributed by atoms with Crippen molar-refractivity contribution in [3.05, 3.63) is 16.8 Å². The van der Waals surface area contributed by atoms with Crippen LogP contribution in [0, 0.1) is 17.8 Å². The molecule has 21 heavy (non-hydrogen) atoms. The number of carbonyl (C=O) groups is 1. The van der Waals surface area contributed by atoms with E-state index < -0.39 is 0 Å². The molecule has 0 aromatic carbocycles. The molecule has 0 radical (unpaired) electrons. The largest absolute Gasteiger partial charge is 0.381 e. The molecule has 0 unspecified atom stereocenters. The molecule has 4 heterocycles. The summed E-state index contributed by atoms with van der Waals surface area (Å²) < 4.78 is 5.43.